The van der Waals surface area contributed by atoms with E-state index in [-0.39, 0.29) is 0 Å². The van der Waals surface area contributed by atoms with E-state index in [2.05, 4.69) is 23.5 Å². The highest BCUT2D eigenvalue weighted by molar-refractivity contribution is 6.33. The molecule has 1 atom stereocenters. The van der Waals surface area contributed by atoms with Crippen molar-refractivity contribution in [2.75, 3.05) is 25.5 Å². The van der Waals surface area contributed by atoms with Gasteiger partial charge in [0.2, 0.25) is 0 Å². The molecule has 1 aliphatic rings. The summed E-state index contributed by atoms with van der Waals surface area (Å²) in [6.07, 6.45) is 3.68. The highest BCUT2D eigenvalue weighted by atomic mass is 35.5. The fourth-order valence-electron chi connectivity index (χ4n) is 2.26. The molecule has 2 rings (SSSR count). The van der Waals surface area contributed by atoms with Gasteiger partial charge in [0.25, 0.3) is 0 Å². The summed E-state index contributed by atoms with van der Waals surface area (Å²) in [6.45, 7) is 1.16. The molecule has 1 aliphatic heterocycles. The summed E-state index contributed by atoms with van der Waals surface area (Å²) in [4.78, 5) is 2.04. The van der Waals surface area contributed by atoms with Crippen LogP contribution in [0.3, 0.4) is 0 Å². The Balaban J connectivity index is 2.08. The van der Waals surface area contributed by atoms with E-state index in [0.717, 1.165) is 23.7 Å². The highest BCUT2D eigenvalue weighted by Gasteiger charge is 2.14. The van der Waals surface area contributed by atoms with Crippen molar-refractivity contribution in [3.8, 4) is 0 Å². The first-order valence-corrected chi connectivity index (χ1v) is 6.24. The fraction of sp³-hybridized carbons (Fsp3) is 0.538. The van der Waals surface area contributed by atoms with E-state index in [0.29, 0.717) is 6.04 Å². The van der Waals surface area contributed by atoms with Gasteiger partial charge in [-0.25, -0.2) is 0 Å². The molecular weight excluding hydrogens is 220 g/mol. The van der Waals surface area contributed by atoms with Crippen molar-refractivity contribution in [1.29, 1.82) is 0 Å². The number of hydrogen-bond donors (Lipinski definition) is 1. The molecule has 3 heteroatoms. The Bertz CT molecular complexity index is 357. The molecule has 16 heavy (non-hydrogen) atoms. The maximum Gasteiger partial charge on any atom is 0.0642 e. The van der Waals surface area contributed by atoms with Gasteiger partial charge in [-0.1, -0.05) is 17.7 Å². The Kier molecular flexibility index (Phi) is 3.72. The van der Waals surface area contributed by atoms with Crippen LogP contribution in [-0.2, 0) is 6.42 Å². The summed E-state index contributed by atoms with van der Waals surface area (Å²) in [5.74, 6) is 0. The third-order valence-corrected chi connectivity index (χ3v) is 3.44. The number of benzene rings is 1. The Morgan fingerprint density at radius 3 is 2.81 bits per heavy atom. The lowest BCUT2D eigenvalue weighted by Crippen LogP contribution is -2.23. The van der Waals surface area contributed by atoms with Crippen LogP contribution in [0.2, 0.25) is 5.02 Å². The van der Waals surface area contributed by atoms with E-state index in [1.165, 1.54) is 18.4 Å². The number of rotatable bonds is 3. The van der Waals surface area contributed by atoms with Crippen LogP contribution < -0.4 is 10.2 Å². The minimum atomic E-state index is 0.640. The molecule has 1 aromatic carbocycles. The quantitative estimate of drug-likeness (QED) is 0.871. The number of nitrogens with zero attached hydrogens (tertiary/aromatic N) is 1. The lowest BCUT2D eigenvalue weighted by Gasteiger charge is -2.16. The van der Waals surface area contributed by atoms with Crippen LogP contribution in [0.5, 0.6) is 0 Å². The van der Waals surface area contributed by atoms with Crippen molar-refractivity contribution in [3.05, 3.63) is 28.8 Å². The van der Waals surface area contributed by atoms with Crippen molar-refractivity contribution < 1.29 is 0 Å². The number of nitrogens with one attached hydrogen (secondary N) is 1. The summed E-state index contributed by atoms with van der Waals surface area (Å²) < 4.78 is 0. The summed E-state index contributed by atoms with van der Waals surface area (Å²) >= 11 is 6.25. The third-order valence-electron chi connectivity index (χ3n) is 3.14. The second-order valence-electron chi connectivity index (χ2n) is 4.68. The standard InChI is InChI=1S/C13H19ClN2/c1-16(2)13-6-5-10(9-12(13)14)8-11-4-3-7-15-11/h5-6,9,11,15H,3-4,7-8H2,1-2H3. The van der Waals surface area contributed by atoms with Crippen LogP contribution in [0.15, 0.2) is 18.2 Å². The molecule has 1 aromatic rings. The van der Waals surface area contributed by atoms with E-state index < -0.39 is 0 Å². The van der Waals surface area contributed by atoms with Gasteiger partial charge in [0.1, 0.15) is 0 Å². The molecule has 0 aromatic heterocycles. The number of anilines is 1. The van der Waals surface area contributed by atoms with Gasteiger partial charge in [-0.2, -0.15) is 0 Å². The average Bonchev–Trinajstić information content (AvgIpc) is 2.70. The van der Waals surface area contributed by atoms with Crippen LogP contribution in [-0.4, -0.2) is 26.7 Å². The molecule has 0 saturated carbocycles. The summed E-state index contributed by atoms with van der Waals surface area (Å²) in [5.41, 5.74) is 2.42. The zero-order valence-electron chi connectivity index (χ0n) is 9.96. The summed E-state index contributed by atoms with van der Waals surface area (Å²) in [7, 11) is 4.03. The Morgan fingerprint density at radius 1 is 1.44 bits per heavy atom. The lowest BCUT2D eigenvalue weighted by molar-refractivity contribution is 0.603. The van der Waals surface area contributed by atoms with Crippen LogP contribution in [0, 0.1) is 0 Å². The van der Waals surface area contributed by atoms with Crippen LogP contribution >= 0.6 is 11.6 Å². The van der Waals surface area contributed by atoms with Crippen molar-refractivity contribution >= 4 is 17.3 Å². The Hall–Kier alpha value is -0.730. The monoisotopic (exact) mass is 238 g/mol. The van der Waals surface area contributed by atoms with Crippen molar-refractivity contribution in [1.82, 2.24) is 5.32 Å². The second kappa shape index (κ2) is 5.07. The van der Waals surface area contributed by atoms with E-state index >= 15 is 0 Å². The minimum absolute atomic E-state index is 0.640. The normalized spacial score (nSPS) is 20.1. The molecule has 0 spiro atoms. The van der Waals surface area contributed by atoms with Crippen molar-refractivity contribution in [2.45, 2.75) is 25.3 Å². The Morgan fingerprint density at radius 2 is 2.25 bits per heavy atom. The summed E-state index contributed by atoms with van der Waals surface area (Å²) in [5, 5.41) is 4.36. The van der Waals surface area contributed by atoms with Gasteiger partial charge in [0, 0.05) is 20.1 Å². The first-order chi connectivity index (χ1) is 7.66. The molecule has 0 radical (unpaired) electrons. The molecule has 1 heterocycles. The maximum atomic E-state index is 6.25. The largest absolute Gasteiger partial charge is 0.376 e. The molecule has 88 valence electrons. The van der Waals surface area contributed by atoms with Gasteiger partial charge in [-0.05, 0) is 43.5 Å². The molecule has 2 nitrogen and oxygen atoms in total. The predicted octanol–water partition coefficient (Wildman–Crippen LogP) is 2.70. The zero-order chi connectivity index (χ0) is 11.5. The first kappa shape index (κ1) is 11.7. The maximum absolute atomic E-state index is 6.25. The lowest BCUT2D eigenvalue weighted by atomic mass is 10.0. The molecular formula is C13H19ClN2. The van der Waals surface area contributed by atoms with Crippen LogP contribution in [0.4, 0.5) is 5.69 Å². The SMILES string of the molecule is CN(C)c1ccc(CC2CCCN2)cc1Cl. The van der Waals surface area contributed by atoms with Gasteiger partial charge < -0.3 is 10.2 Å². The van der Waals surface area contributed by atoms with E-state index in [1.807, 2.05) is 19.0 Å². The van der Waals surface area contributed by atoms with Crippen LogP contribution in [0.25, 0.3) is 0 Å². The predicted molar refractivity (Wildman–Crippen MR) is 70.5 cm³/mol. The van der Waals surface area contributed by atoms with Gasteiger partial charge in [0.15, 0.2) is 0 Å². The molecule has 0 bridgehead atoms. The zero-order valence-corrected chi connectivity index (χ0v) is 10.7. The van der Waals surface area contributed by atoms with Crippen LogP contribution in [0.1, 0.15) is 18.4 Å². The van der Waals surface area contributed by atoms with Gasteiger partial charge in [-0.3, -0.25) is 0 Å². The summed E-state index contributed by atoms with van der Waals surface area (Å²) in [6, 6.07) is 7.02. The highest BCUT2D eigenvalue weighted by Crippen LogP contribution is 2.26. The van der Waals surface area contributed by atoms with Gasteiger partial charge >= 0.3 is 0 Å². The molecule has 1 fully saturated rings. The number of hydrogen-bond acceptors (Lipinski definition) is 2. The Labute approximate surface area is 103 Å². The smallest absolute Gasteiger partial charge is 0.0642 e. The minimum Gasteiger partial charge on any atom is -0.376 e. The fourth-order valence-corrected chi connectivity index (χ4v) is 2.63. The molecule has 0 amide bonds. The van der Waals surface area contributed by atoms with E-state index in [4.69, 9.17) is 11.6 Å². The second-order valence-corrected chi connectivity index (χ2v) is 5.08. The average molecular weight is 239 g/mol. The first-order valence-electron chi connectivity index (χ1n) is 5.86. The van der Waals surface area contributed by atoms with E-state index in [9.17, 15) is 0 Å². The van der Waals surface area contributed by atoms with Crippen molar-refractivity contribution in [3.63, 3.8) is 0 Å². The topological polar surface area (TPSA) is 15.3 Å². The van der Waals surface area contributed by atoms with Crippen molar-refractivity contribution in [2.24, 2.45) is 0 Å². The third kappa shape index (κ3) is 2.69. The molecule has 0 aliphatic carbocycles. The molecule has 1 N–H and O–H groups in total. The van der Waals surface area contributed by atoms with E-state index in [1.54, 1.807) is 0 Å². The van der Waals surface area contributed by atoms with Gasteiger partial charge in [0.05, 0.1) is 10.7 Å². The van der Waals surface area contributed by atoms with Gasteiger partial charge in [-0.15, -0.1) is 0 Å². The number of halogens is 1. The molecule has 1 unspecified atom stereocenters. The molecule has 1 saturated heterocycles.